The van der Waals surface area contributed by atoms with Crippen LogP contribution in [0.25, 0.3) is 0 Å². The number of carbonyl (C=O) groups excluding carboxylic acids is 1. The number of amides is 2. The molecule has 5 heteroatoms. The summed E-state index contributed by atoms with van der Waals surface area (Å²) < 4.78 is 11.1. The summed E-state index contributed by atoms with van der Waals surface area (Å²) >= 11 is 0. The summed E-state index contributed by atoms with van der Waals surface area (Å²) in [5.41, 5.74) is 1.03. The number of hydrogen-bond acceptors (Lipinski definition) is 3. The summed E-state index contributed by atoms with van der Waals surface area (Å²) in [6, 6.07) is 6.19. The molecule has 5 atom stereocenters. The topological polar surface area (TPSA) is 59.6 Å². The zero-order chi connectivity index (χ0) is 16.8. The highest BCUT2D eigenvalue weighted by atomic mass is 16.6. The molecule has 2 N–H and O–H groups in total. The molecule has 0 aromatic heterocycles. The highest BCUT2D eigenvalue weighted by Gasteiger charge is 2.54. The van der Waals surface area contributed by atoms with Crippen molar-refractivity contribution in [1.29, 1.82) is 0 Å². The first kappa shape index (κ1) is 15.4. The maximum absolute atomic E-state index is 12.4. The van der Waals surface area contributed by atoms with E-state index in [4.69, 9.17) is 9.47 Å². The van der Waals surface area contributed by atoms with Gasteiger partial charge in [-0.25, -0.2) is 4.79 Å². The monoisotopic (exact) mass is 342 g/mol. The van der Waals surface area contributed by atoms with Gasteiger partial charge in [-0.05, 0) is 67.1 Å². The lowest BCUT2D eigenvalue weighted by molar-refractivity contribution is 0.171. The first-order valence-electron chi connectivity index (χ1n) is 9.71. The Labute approximate surface area is 148 Å². The number of carbonyl (C=O) groups is 1. The Morgan fingerprint density at radius 2 is 1.88 bits per heavy atom. The second kappa shape index (κ2) is 6.11. The van der Waals surface area contributed by atoms with E-state index in [1.165, 1.54) is 32.1 Å². The average Bonchev–Trinajstić information content (AvgIpc) is 3.33. The third-order valence-corrected chi connectivity index (χ3v) is 6.80. The van der Waals surface area contributed by atoms with E-state index in [9.17, 15) is 4.79 Å². The number of hydrogen-bond donors (Lipinski definition) is 2. The number of urea groups is 1. The SMILES string of the molecule is O=C(NCc1ccc2c(c1)OCCO2)N[C@@H]1C[C@H]2C[C@H]1[C@H]1CCC[C@@H]21. The molecular weight excluding hydrogens is 316 g/mol. The fourth-order valence-corrected chi connectivity index (χ4v) is 5.83. The van der Waals surface area contributed by atoms with E-state index in [-0.39, 0.29) is 6.03 Å². The van der Waals surface area contributed by atoms with Gasteiger partial charge >= 0.3 is 6.03 Å². The summed E-state index contributed by atoms with van der Waals surface area (Å²) in [5, 5.41) is 6.25. The quantitative estimate of drug-likeness (QED) is 0.887. The highest BCUT2D eigenvalue weighted by molar-refractivity contribution is 5.74. The largest absolute Gasteiger partial charge is 0.486 e. The molecule has 5 nitrogen and oxygen atoms in total. The third kappa shape index (κ3) is 2.74. The van der Waals surface area contributed by atoms with Crippen LogP contribution in [0.3, 0.4) is 0 Å². The molecule has 134 valence electrons. The minimum absolute atomic E-state index is 0.0398. The Bertz CT molecular complexity index is 677. The highest BCUT2D eigenvalue weighted by Crippen LogP contribution is 2.58. The van der Waals surface area contributed by atoms with Crippen LogP contribution < -0.4 is 20.1 Å². The van der Waals surface area contributed by atoms with Crippen molar-refractivity contribution in [2.24, 2.45) is 23.7 Å². The third-order valence-electron chi connectivity index (χ3n) is 6.80. The van der Waals surface area contributed by atoms with E-state index in [0.29, 0.717) is 25.8 Å². The van der Waals surface area contributed by atoms with Crippen LogP contribution in [-0.2, 0) is 6.54 Å². The van der Waals surface area contributed by atoms with E-state index < -0.39 is 0 Å². The van der Waals surface area contributed by atoms with Crippen molar-refractivity contribution >= 4 is 6.03 Å². The molecule has 0 radical (unpaired) electrons. The normalized spacial score (nSPS) is 34.6. The van der Waals surface area contributed by atoms with Gasteiger partial charge in [0.05, 0.1) is 0 Å². The molecule has 25 heavy (non-hydrogen) atoms. The Hall–Kier alpha value is -1.91. The van der Waals surface area contributed by atoms with Gasteiger partial charge in [-0.15, -0.1) is 0 Å². The smallest absolute Gasteiger partial charge is 0.315 e. The lowest BCUT2D eigenvalue weighted by Crippen LogP contribution is -2.46. The first-order valence-corrected chi connectivity index (χ1v) is 9.71. The van der Waals surface area contributed by atoms with Crippen LogP contribution in [0.15, 0.2) is 18.2 Å². The number of nitrogens with one attached hydrogen (secondary N) is 2. The van der Waals surface area contributed by atoms with E-state index in [1.54, 1.807) is 0 Å². The Kier molecular flexibility index (Phi) is 3.75. The zero-order valence-electron chi connectivity index (χ0n) is 14.5. The fraction of sp³-hybridized carbons (Fsp3) is 0.650. The Morgan fingerprint density at radius 3 is 2.80 bits per heavy atom. The van der Waals surface area contributed by atoms with Crippen molar-refractivity contribution in [1.82, 2.24) is 10.6 Å². The van der Waals surface area contributed by atoms with Crippen LogP contribution in [0, 0.1) is 23.7 Å². The van der Waals surface area contributed by atoms with Crippen molar-refractivity contribution in [3.05, 3.63) is 23.8 Å². The number of benzene rings is 1. The van der Waals surface area contributed by atoms with Gasteiger partial charge in [-0.3, -0.25) is 0 Å². The number of rotatable bonds is 3. The summed E-state index contributed by atoms with van der Waals surface area (Å²) in [7, 11) is 0. The predicted molar refractivity (Wildman–Crippen MR) is 93.6 cm³/mol. The maximum atomic E-state index is 12.4. The molecular formula is C20H26N2O3. The van der Waals surface area contributed by atoms with Crippen molar-refractivity contribution < 1.29 is 14.3 Å². The molecule has 1 aliphatic heterocycles. The predicted octanol–water partition coefficient (Wildman–Crippen LogP) is 3.08. The van der Waals surface area contributed by atoms with E-state index in [2.05, 4.69) is 10.6 Å². The fourth-order valence-electron chi connectivity index (χ4n) is 5.83. The molecule has 0 unspecified atom stereocenters. The van der Waals surface area contributed by atoms with Crippen LogP contribution in [0.4, 0.5) is 4.79 Å². The van der Waals surface area contributed by atoms with Gasteiger partial charge < -0.3 is 20.1 Å². The Balaban J connectivity index is 1.15. The zero-order valence-corrected chi connectivity index (χ0v) is 14.5. The van der Waals surface area contributed by atoms with E-state index >= 15 is 0 Å². The lowest BCUT2D eigenvalue weighted by Gasteiger charge is -2.32. The molecule has 1 aromatic rings. The molecule has 1 aromatic carbocycles. The summed E-state index contributed by atoms with van der Waals surface area (Å²) in [5.74, 6) is 4.97. The van der Waals surface area contributed by atoms with Crippen molar-refractivity contribution in [2.75, 3.05) is 13.2 Å². The van der Waals surface area contributed by atoms with Crippen LogP contribution in [0.1, 0.15) is 37.7 Å². The van der Waals surface area contributed by atoms with Gasteiger partial charge in [-0.2, -0.15) is 0 Å². The van der Waals surface area contributed by atoms with E-state index in [1.807, 2.05) is 18.2 Å². The van der Waals surface area contributed by atoms with Crippen LogP contribution in [0.5, 0.6) is 11.5 Å². The van der Waals surface area contributed by atoms with Gasteiger partial charge in [-0.1, -0.05) is 12.5 Å². The van der Waals surface area contributed by atoms with Gasteiger partial charge in [0.25, 0.3) is 0 Å². The molecule has 0 spiro atoms. The second-order valence-electron chi connectivity index (χ2n) is 8.07. The second-order valence-corrected chi connectivity index (χ2v) is 8.07. The average molecular weight is 342 g/mol. The van der Waals surface area contributed by atoms with Gasteiger partial charge in [0.15, 0.2) is 11.5 Å². The number of fused-ring (bicyclic) bond motifs is 6. The number of ether oxygens (including phenoxy) is 2. The minimum atomic E-state index is -0.0398. The molecule has 3 saturated carbocycles. The molecule has 0 saturated heterocycles. The molecule has 2 amide bonds. The van der Waals surface area contributed by atoms with Gasteiger partial charge in [0.2, 0.25) is 0 Å². The molecule has 3 fully saturated rings. The minimum Gasteiger partial charge on any atom is -0.486 e. The van der Waals surface area contributed by atoms with Crippen molar-refractivity contribution in [3.8, 4) is 11.5 Å². The molecule has 3 aliphatic carbocycles. The summed E-state index contributed by atoms with van der Waals surface area (Å²) in [6.07, 6.45) is 6.72. The van der Waals surface area contributed by atoms with Crippen LogP contribution >= 0.6 is 0 Å². The molecule has 1 heterocycles. The van der Waals surface area contributed by atoms with Crippen LogP contribution in [0.2, 0.25) is 0 Å². The first-order chi connectivity index (χ1) is 12.3. The lowest BCUT2D eigenvalue weighted by atomic mass is 9.79. The standard InChI is InChI=1S/C20H26N2O3/c23-20(21-11-12-4-5-18-19(8-12)25-7-6-24-18)22-17-10-13-9-16(17)15-3-1-2-14(13)15/h4-5,8,13-17H,1-3,6-7,9-11H2,(H2,21,22,23)/t13-,14+,15+,16+,17-/m1/s1. The van der Waals surface area contributed by atoms with Crippen molar-refractivity contribution in [2.45, 2.75) is 44.7 Å². The maximum Gasteiger partial charge on any atom is 0.315 e. The van der Waals surface area contributed by atoms with E-state index in [0.717, 1.165) is 40.7 Å². The van der Waals surface area contributed by atoms with Crippen LogP contribution in [-0.4, -0.2) is 25.3 Å². The molecule has 5 rings (SSSR count). The summed E-state index contributed by atoms with van der Waals surface area (Å²) in [6.45, 7) is 1.69. The van der Waals surface area contributed by atoms with Crippen molar-refractivity contribution in [3.63, 3.8) is 0 Å². The molecule has 2 bridgehead atoms. The molecule has 4 aliphatic rings. The van der Waals surface area contributed by atoms with Gasteiger partial charge in [0, 0.05) is 12.6 Å². The Morgan fingerprint density at radius 1 is 1.04 bits per heavy atom. The van der Waals surface area contributed by atoms with Gasteiger partial charge in [0.1, 0.15) is 13.2 Å². The summed E-state index contributed by atoms with van der Waals surface area (Å²) in [4.78, 5) is 12.4.